The van der Waals surface area contributed by atoms with Crippen molar-refractivity contribution in [3.8, 4) is 0 Å². The lowest BCUT2D eigenvalue weighted by Crippen LogP contribution is -2.30. The average molecular weight is 215 g/mol. The Hall–Kier alpha value is 0.0849. The molecule has 0 aromatic carbocycles. The van der Waals surface area contributed by atoms with E-state index >= 15 is 0 Å². The van der Waals surface area contributed by atoms with Gasteiger partial charge in [-0.15, -0.1) is 4.52 Å². The third-order valence-corrected chi connectivity index (χ3v) is 3.72. The predicted molar refractivity (Wildman–Crippen MR) is 56.8 cm³/mol. The van der Waals surface area contributed by atoms with E-state index in [1.54, 1.807) is 6.66 Å². The van der Waals surface area contributed by atoms with Crippen LogP contribution >= 0.6 is 8.03 Å². The molecule has 0 N–H and O–H groups in total. The minimum atomic E-state index is -1.55. The molecule has 4 atom stereocenters. The smallest absolute Gasteiger partial charge is 0.381 e. The summed E-state index contributed by atoms with van der Waals surface area (Å²) in [7, 11) is 4.30. The van der Waals surface area contributed by atoms with E-state index < -0.39 is 8.03 Å². The van der Waals surface area contributed by atoms with Crippen LogP contribution in [-0.4, -0.2) is 33.2 Å². The highest BCUT2D eigenvalue weighted by Crippen LogP contribution is 2.42. The highest BCUT2D eigenvalue weighted by molar-refractivity contribution is 7.38. The van der Waals surface area contributed by atoms with E-state index in [2.05, 4.69) is 20.8 Å². The highest BCUT2D eigenvalue weighted by Gasteiger charge is 2.45. The quantitative estimate of drug-likeness (QED) is 0.533. The first-order valence-corrected chi connectivity index (χ1v) is 6.43. The zero-order chi connectivity index (χ0) is 10.9. The largest absolute Gasteiger partial charge is 0.504 e. The third-order valence-electron chi connectivity index (χ3n) is 3.21. The van der Waals surface area contributed by atoms with Gasteiger partial charge in [-0.3, -0.25) is 0 Å². The molecule has 1 aliphatic rings. The Kier molecular flexibility index (Phi) is 3.73. The van der Waals surface area contributed by atoms with Crippen molar-refractivity contribution in [2.45, 2.75) is 32.9 Å². The Morgan fingerprint density at radius 2 is 2.14 bits per heavy atom. The van der Waals surface area contributed by atoms with Crippen LogP contribution in [0.1, 0.15) is 20.8 Å². The van der Waals surface area contributed by atoms with Crippen molar-refractivity contribution in [1.82, 2.24) is 0 Å². The highest BCUT2D eigenvalue weighted by atomic mass is 31.1. The summed E-state index contributed by atoms with van der Waals surface area (Å²) in [6.07, 6.45) is -0.0427. The first kappa shape index (κ1) is 12.2. The lowest BCUT2D eigenvalue weighted by molar-refractivity contribution is 0.0366. The van der Waals surface area contributed by atoms with Crippen LogP contribution in [0.5, 0.6) is 0 Å². The van der Waals surface area contributed by atoms with Gasteiger partial charge in [-0.2, -0.15) is 0 Å². The SMILES string of the molecule is [B]C1OC(CO[P+](C)=O)C(C)C1(C)C. The second-order valence-corrected chi connectivity index (χ2v) is 5.58. The van der Waals surface area contributed by atoms with Crippen LogP contribution in [-0.2, 0) is 13.8 Å². The topological polar surface area (TPSA) is 35.5 Å². The van der Waals surface area contributed by atoms with Crippen LogP contribution in [0, 0.1) is 11.3 Å². The van der Waals surface area contributed by atoms with Crippen molar-refractivity contribution in [2.24, 2.45) is 11.3 Å². The molecule has 4 unspecified atom stereocenters. The van der Waals surface area contributed by atoms with Gasteiger partial charge in [0, 0.05) is 6.00 Å². The molecule has 0 saturated carbocycles. The van der Waals surface area contributed by atoms with Crippen LogP contribution in [0.3, 0.4) is 0 Å². The van der Waals surface area contributed by atoms with E-state index in [-0.39, 0.29) is 17.5 Å². The second-order valence-electron chi connectivity index (χ2n) is 4.44. The van der Waals surface area contributed by atoms with Gasteiger partial charge < -0.3 is 4.74 Å². The maximum absolute atomic E-state index is 10.8. The fraction of sp³-hybridized carbons (Fsp3) is 1.00. The molecule has 0 amide bonds. The van der Waals surface area contributed by atoms with Crippen LogP contribution in [0.25, 0.3) is 0 Å². The minimum Gasteiger partial charge on any atom is -0.381 e. The first-order valence-electron chi connectivity index (χ1n) is 4.80. The molecule has 14 heavy (non-hydrogen) atoms. The van der Waals surface area contributed by atoms with Gasteiger partial charge in [0.2, 0.25) is 0 Å². The van der Waals surface area contributed by atoms with Gasteiger partial charge in [-0.1, -0.05) is 20.8 Å². The summed E-state index contributed by atoms with van der Waals surface area (Å²) in [5, 5.41) is 0. The van der Waals surface area contributed by atoms with Crippen LogP contribution in [0.15, 0.2) is 0 Å². The van der Waals surface area contributed by atoms with E-state index in [1.165, 1.54) is 0 Å². The molecule has 2 radical (unpaired) electrons. The molecule has 0 aromatic heterocycles. The van der Waals surface area contributed by atoms with Crippen molar-refractivity contribution in [3.05, 3.63) is 0 Å². The minimum absolute atomic E-state index is 0.0427. The van der Waals surface area contributed by atoms with E-state index in [0.717, 1.165) is 0 Å². The summed E-state index contributed by atoms with van der Waals surface area (Å²) in [6.45, 7) is 8.15. The lowest BCUT2D eigenvalue weighted by Gasteiger charge is -2.27. The zero-order valence-electron chi connectivity index (χ0n) is 9.19. The summed E-state index contributed by atoms with van der Waals surface area (Å²) in [5.74, 6) is 0.312. The Morgan fingerprint density at radius 1 is 1.57 bits per heavy atom. The summed E-state index contributed by atoms with van der Waals surface area (Å²) in [4.78, 5) is 0. The standard InChI is InChI=1S/C9H17BO3P/c1-6-7(5-12-14(4)11)13-8(10)9(6,2)3/h6-8H,5H2,1-4H3/q+1. The predicted octanol–water partition coefficient (Wildman–Crippen LogP) is 1.93. The van der Waals surface area contributed by atoms with Gasteiger partial charge in [0.15, 0.2) is 6.66 Å². The van der Waals surface area contributed by atoms with Crippen molar-refractivity contribution >= 4 is 15.9 Å². The molecule has 0 bridgehead atoms. The molecule has 3 nitrogen and oxygen atoms in total. The molecule has 0 aromatic rings. The first-order chi connectivity index (χ1) is 6.35. The molecule has 1 fully saturated rings. The molecule has 0 aliphatic carbocycles. The van der Waals surface area contributed by atoms with E-state index in [9.17, 15) is 4.57 Å². The lowest BCUT2D eigenvalue weighted by atomic mass is 9.69. The number of hydrogen-bond acceptors (Lipinski definition) is 3. The summed E-state index contributed by atoms with van der Waals surface area (Å²) in [6, 6.07) is -0.263. The number of hydrogen-bond donors (Lipinski definition) is 0. The molecule has 0 spiro atoms. The average Bonchev–Trinajstić information content (AvgIpc) is 2.26. The summed E-state index contributed by atoms with van der Waals surface area (Å²) < 4.78 is 21.4. The molecule has 1 rings (SSSR count). The molecule has 5 heteroatoms. The number of ether oxygens (including phenoxy) is 1. The molecule has 1 heterocycles. The summed E-state index contributed by atoms with van der Waals surface area (Å²) in [5.41, 5.74) is -0.0482. The van der Waals surface area contributed by atoms with Crippen LogP contribution in [0.4, 0.5) is 0 Å². The zero-order valence-corrected chi connectivity index (χ0v) is 10.1. The molecule has 78 valence electrons. The van der Waals surface area contributed by atoms with Crippen LogP contribution < -0.4 is 0 Å². The van der Waals surface area contributed by atoms with Gasteiger partial charge in [0.1, 0.15) is 14.5 Å². The maximum Gasteiger partial charge on any atom is 0.504 e. The van der Waals surface area contributed by atoms with Crippen LogP contribution in [0.2, 0.25) is 0 Å². The van der Waals surface area contributed by atoms with Gasteiger partial charge in [-0.05, 0) is 15.9 Å². The van der Waals surface area contributed by atoms with E-state index in [0.29, 0.717) is 12.5 Å². The molecule has 1 saturated heterocycles. The van der Waals surface area contributed by atoms with E-state index in [1.807, 2.05) is 0 Å². The van der Waals surface area contributed by atoms with Crippen molar-refractivity contribution in [3.63, 3.8) is 0 Å². The Morgan fingerprint density at radius 3 is 2.50 bits per heavy atom. The Balaban J connectivity index is 2.54. The van der Waals surface area contributed by atoms with E-state index in [4.69, 9.17) is 17.1 Å². The number of rotatable bonds is 3. The molecule has 1 aliphatic heterocycles. The molecular formula is C9H17BO3P+. The fourth-order valence-electron chi connectivity index (χ4n) is 1.58. The third kappa shape index (κ3) is 2.36. The monoisotopic (exact) mass is 215 g/mol. The molecular weight excluding hydrogens is 198 g/mol. The fourth-order valence-corrected chi connectivity index (χ4v) is 1.94. The maximum atomic E-state index is 10.8. The second kappa shape index (κ2) is 4.30. The van der Waals surface area contributed by atoms with Gasteiger partial charge in [-0.25, -0.2) is 0 Å². The van der Waals surface area contributed by atoms with Crippen molar-refractivity contribution < 1.29 is 13.8 Å². The van der Waals surface area contributed by atoms with Crippen molar-refractivity contribution in [2.75, 3.05) is 13.3 Å². The Bertz CT molecular complexity index is 232. The van der Waals surface area contributed by atoms with Gasteiger partial charge in [0.25, 0.3) is 0 Å². The van der Waals surface area contributed by atoms with Crippen molar-refractivity contribution in [1.29, 1.82) is 0 Å². The van der Waals surface area contributed by atoms with Gasteiger partial charge >= 0.3 is 8.03 Å². The summed E-state index contributed by atoms with van der Waals surface area (Å²) >= 11 is 0. The normalized spacial score (nSPS) is 37.1. The Labute approximate surface area is 87.8 Å². The van der Waals surface area contributed by atoms with Gasteiger partial charge in [0.05, 0.1) is 6.10 Å².